The zero-order valence-corrected chi connectivity index (χ0v) is 15.8. The fourth-order valence-corrected chi connectivity index (χ4v) is 4.33. The summed E-state index contributed by atoms with van der Waals surface area (Å²) in [4.78, 5) is 21.7. The van der Waals surface area contributed by atoms with Gasteiger partial charge in [0.15, 0.2) is 0 Å². The minimum atomic E-state index is -0.719. The highest BCUT2D eigenvalue weighted by molar-refractivity contribution is 9.10. The van der Waals surface area contributed by atoms with Gasteiger partial charge in [-0.1, -0.05) is 6.42 Å². The number of nitro groups is 1. The monoisotopic (exact) mass is 408 g/mol. The molecule has 1 aliphatic heterocycles. The van der Waals surface area contributed by atoms with Crippen molar-refractivity contribution in [1.29, 1.82) is 0 Å². The highest BCUT2D eigenvalue weighted by Gasteiger charge is 2.45. The van der Waals surface area contributed by atoms with Crippen LogP contribution in [0.1, 0.15) is 43.2 Å². The van der Waals surface area contributed by atoms with Crippen molar-refractivity contribution in [3.8, 4) is 0 Å². The zero-order valence-electron chi connectivity index (χ0n) is 14.3. The minimum Gasteiger partial charge on any atom is -0.369 e. The Morgan fingerprint density at radius 2 is 1.92 bits per heavy atom. The standard InChI is InChI=1S/C16H21BrN6O2/c1-9-8-11(23(24)25)13(12(17)10(9)2)22-15(19)20-14(18)21-16(22)6-4-3-5-7-16/h8H,3-7H2,1-2H3,(H4,18,19,20,21). The lowest BCUT2D eigenvalue weighted by molar-refractivity contribution is -0.384. The van der Waals surface area contributed by atoms with E-state index in [1.165, 1.54) is 0 Å². The average Bonchev–Trinajstić information content (AvgIpc) is 2.54. The maximum Gasteiger partial charge on any atom is 0.294 e. The second-order valence-corrected chi connectivity index (χ2v) is 7.37. The second-order valence-electron chi connectivity index (χ2n) is 6.58. The molecule has 2 aliphatic rings. The van der Waals surface area contributed by atoms with Crippen LogP contribution in [-0.4, -0.2) is 22.5 Å². The molecule has 1 heterocycles. The second kappa shape index (κ2) is 6.29. The van der Waals surface area contributed by atoms with Crippen LogP contribution in [0.3, 0.4) is 0 Å². The van der Waals surface area contributed by atoms with Crippen LogP contribution >= 0.6 is 15.9 Å². The first-order chi connectivity index (χ1) is 11.8. The molecule has 3 rings (SSSR count). The first-order valence-corrected chi connectivity index (χ1v) is 9.00. The molecule has 0 atom stereocenters. The summed E-state index contributed by atoms with van der Waals surface area (Å²) >= 11 is 3.54. The number of aryl methyl sites for hydroxylation is 1. The molecule has 1 aromatic carbocycles. The van der Waals surface area contributed by atoms with Crippen molar-refractivity contribution in [3.63, 3.8) is 0 Å². The number of guanidine groups is 2. The van der Waals surface area contributed by atoms with E-state index in [1.807, 2.05) is 13.8 Å². The van der Waals surface area contributed by atoms with E-state index >= 15 is 0 Å². The molecule has 0 bridgehead atoms. The molecule has 0 unspecified atom stereocenters. The topological polar surface area (TPSA) is 123 Å². The summed E-state index contributed by atoms with van der Waals surface area (Å²) in [6, 6.07) is 1.57. The average molecular weight is 409 g/mol. The molecule has 1 aromatic rings. The molecule has 25 heavy (non-hydrogen) atoms. The van der Waals surface area contributed by atoms with E-state index in [0.717, 1.165) is 43.2 Å². The van der Waals surface area contributed by atoms with Gasteiger partial charge in [0.05, 0.1) is 9.40 Å². The Kier molecular flexibility index (Phi) is 4.44. The molecule has 1 aliphatic carbocycles. The van der Waals surface area contributed by atoms with E-state index < -0.39 is 10.6 Å². The molecular formula is C16H21BrN6O2. The van der Waals surface area contributed by atoms with Crippen LogP contribution < -0.4 is 16.4 Å². The molecule has 1 fully saturated rings. The Morgan fingerprint density at radius 3 is 2.52 bits per heavy atom. The van der Waals surface area contributed by atoms with E-state index in [0.29, 0.717) is 10.2 Å². The number of nitro benzene ring substituents is 1. The van der Waals surface area contributed by atoms with Gasteiger partial charge in [0.2, 0.25) is 11.9 Å². The fourth-order valence-electron chi connectivity index (χ4n) is 3.64. The van der Waals surface area contributed by atoms with Gasteiger partial charge in [0, 0.05) is 6.07 Å². The number of hydrogen-bond donors (Lipinski definition) is 2. The largest absolute Gasteiger partial charge is 0.369 e. The molecule has 0 radical (unpaired) electrons. The number of aliphatic imine (C=N–C) groups is 2. The van der Waals surface area contributed by atoms with Gasteiger partial charge >= 0.3 is 0 Å². The molecule has 0 aromatic heterocycles. The quantitative estimate of drug-likeness (QED) is 0.574. The van der Waals surface area contributed by atoms with Gasteiger partial charge in [-0.3, -0.25) is 15.0 Å². The van der Waals surface area contributed by atoms with Gasteiger partial charge in [-0.15, -0.1) is 0 Å². The van der Waals surface area contributed by atoms with Gasteiger partial charge in [0.25, 0.3) is 5.69 Å². The van der Waals surface area contributed by atoms with E-state index in [9.17, 15) is 10.1 Å². The normalized spacial score (nSPS) is 19.6. The van der Waals surface area contributed by atoms with E-state index in [2.05, 4.69) is 25.9 Å². The van der Waals surface area contributed by atoms with Crippen molar-refractivity contribution in [2.75, 3.05) is 4.90 Å². The van der Waals surface area contributed by atoms with E-state index in [-0.39, 0.29) is 17.6 Å². The third-order valence-electron chi connectivity index (χ3n) is 5.00. The summed E-state index contributed by atoms with van der Waals surface area (Å²) in [5.41, 5.74) is 13.5. The molecule has 4 N–H and O–H groups in total. The lowest BCUT2D eigenvalue weighted by atomic mass is 9.87. The Balaban J connectivity index is 2.28. The highest BCUT2D eigenvalue weighted by atomic mass is 79.9. The van der Waals surface area contributed by atoms with Crippen molar-refractivity contribution >= 4 is 39.2 Å². The molecule has 8 nitrogen and oxygen atoms in total. The van der Waals surface area contributed by atoms with Crippen LogP contribution in [0.2, 0.25) is 0 Å². The van der Waals surface area contributed by atoms with E-state index in [4.69, 9.17) is 11.5 Å². The number of hydrogen-bond acceptors (Lipinski definition) is 7. The number of halogens is 1. The smallest absolute Gasteiger partial charge is 0.294 e. The van der Waals surface area contributed by atoms with Gasteiger partial charge in [-0.2, -0.15) is 4.99 Å². The molecule has 1 saturated carbocycles. The molecule has 134 valence electrons. The lowest BCUT2D eigenvalue weighted by Crippen LogP contribution is -2.58. The SMILES string of the molecule is Cc1cc([N+](=O)[O-])c(N2C(N)=NC(N)=NC23CCCCC3)c(Br)c1C. The third kappa shape index (κ3) is 2.86. The maximum atomic E-state index is 11.7. The number of nitrogens with two attached hydrogens (primary N) is 2. The first-order valence-electron chi connectivity index (χ1n) is 8.20. The van der Waals surface area contributed by atoms with Crippen LogP contribution in [-0.2, 0) is 0 Å². The van der Waals surface area contributed by atoms with Crippen molar-refractivity contribution < 1.29 is 4.92 Å². The van der Waals surface area contributed by atoms with Crippen molar-refractivity contribution in [2.24, 2.45) is 21.5 Å². The predicted molar refractivity (Wildman–Crippen MR) is 102 cm³/mol. The molecule has 0 saturated heterocycles. The molecule has 1 spiro atoms. The van der Waals surface area contributed by atoms with Crippen LogP contribution in [0.15, 0.2) is 20.5 Å². The Morgan fingerprint density at radius 1 is 1.28 bits per heavy atom. The van der Waals surface area contributed by atoms with Crippen LogP contribution in [0.4, 0.5) is 11.4 Å². The summed E-state index contributed by atoms with van der Waals surface area (Å²) < 4.78 is 0.637. The number of rotatable bonds is 2. The summed E-state index contributed by atoms with van der Waals surface area (Å²) in [6.07, 6.45) is 4.45. The summed E-state index contributed by atoms with van der Waals surface area (Å²) in [7, 11) is 0. The van der Waals surface area contributed by atoms with Crippen LogP contribution in [0, 0.1) is 24.0 Å². The van der Waals surface area contributed by atoms with Crippen LogP contribution in [0.5, 0.6) is 0 Å². The first kappa shape index (κ1) is 17.7. The Labute approximate surface area is 154 Å². The Bertz CT molecular complexity index is 798. The number of benzene rings is 1. The van der Waals surface area contributed by atoms with Gasteiger partial charge < -0.3 is 11.5 Å². The predicted octanol–water partition coefficient (Wildman–Crippen LogP) is 3.08. The fraction of sp³-hybridized carbons (Fsp3) is 0.500. The van der Waals surface area contributed by atoms with Crippen molar-refractivity contribution in [1.82, 2.24) is 0 Å². The number of nitrogens with zero attached hydrogens (tertiary/aromatic N) is 4. The Hall–Kier alpha value is -2.16. The summed E-state index contributed by atoms with van der Waals surface area (Å²) in [6.45, 7) is 3.76. The maximum absolute atomic E-state index is 11.7. The lowest BCUT2D eigenvalue weighted by Gasteiger charge is -2.45. The molecule has 9 heteroatoms. The van der Waals surface area contributed by atoms with Crippen molar-refractivity contribution in [3.05, 3.63) is 31.8 Å². The van der Waals surface area contributed by atoms with Gasteiger partial charge in [-0.05, 0) is 66.6 Å². The minimum absolute atomic E-state index is 0.0197. The van der Waals surface area contributed by atoms with Crippen molar-refractivity contribution in [2.45, 2.75) is 51.6 Å². The number of anilines is 1. The third-order valence-corrected chi connectivity index (χ3v) is 5.97. The van der Waals surface area contributed by atoms with Gasteiger partial charge in [-0.25, -0.2) is 4.99 Å². The molecule has 0 amide bonds. The van der Waals surface area contributed by atoms with E-state index in [1.54, 1.807) is 11.0 Å². The molecular weight excluding hydrogens is 388 g/mol. The summed E-state index contributed by atoms with van der Waals surface area (Å²) in [5.74, 6) is 0.264. The van der Waals surface area contributed by atoms with Crippen LogP contribution in [0.25, 0.3) is 0 Å². The summed E-state index contributed by atoms with van der Waals surface area (Å²) in [5, 5.41) is 11.7. The van der Waals surface area contributed by atoms with Gasteiger partial charge in [0.1, 0.15) is 11.4 Å². The highest BCUT2D eigenvalue weighted by Crippen LogP contribution is 2.47. The zero-order chi connectivity index (χ0) is 18.4.